The molecule has 3 N–H and O–H groups in total. The highest BCUT2D eigenvalue weighted by atomic mass is 19.4. The first-order chi connectivity index (χ1) is 8.61. The van der Waals surface area contributed by atoms with Crippen LogP contribution >= 0.6 is 0 Å². The van der Waals surface area contributed by atoms with E-state index in [0.717, 1.165) is 11.0 Å². The van der Waals surface area contributed by atoms with Gasteiger partial charge < -0.3 is 15.7 Å². The molecular weight excluding hydrogens is 261 g/mol. The number of aromatic carboxylic acids is 1. The molecule has 0 unspecified atom stereocenters. The Hall–Kier alpha value is -1.92. The van der Waals surface area contributed by atoms with Gasteiger partial charge in [0.25, 0.3) is 0 Å². The summed E-state index contributed by atoms with van der Waals surface area (Å²) < 4.78 is 37.6. The molecule has 0 spiro atoms. The number of rotatable bonds is 4. The van der Waals surface area contributed by atoms with E-state index < -0.39 is 24.7 Å². The zero-order valence-electron chi connectivity index (χ0n) is 10.5. The molecule has 0 saturated carbocycles. The Kier molecular flexibility index (Phi) is 4.28. The monoisotopic (exact) mass is 276 g/mol. The SMILES string of the molecule is CC(C)N(CC(F)(F)F)c1cc(C(=O)O)ccc1N. The Labute approximate surface area is 108 Å². The minimum absolute atomic E-state index is 0.0761. The molecule has 19 heavy (non-hydrogen) atoms. The Balaban J connectivity index is 3.22. The zero-order valence-corrected chi connectivity index (χ0v) is 10.5. The van der Waals surface area contributed by atoms with E-state index in [1.165, 1.54) is 12.1 Å². The van der Waals surface area contributed by atoms with Gasteiger partial charge in [-0.1, -0.05) is 0 Å². The minimum Gasteiger partial charge on any atom is -0.478 e. The molecule has 0 radical (unpaired) electrons. The van der Waals surface area contributed by atoms with Gasteiger partial charge in [-0.15, -0.1) is 0 Å². The highest BCUT2D eigenvalue weighted by Crippen LogP contribution is 2.29. The highest BCUT2D eigenvalue weighted by molar-refractivity contribution is 5.90. The van der Waals surface area contributed by atoms with E-state index in [9.17, 15) is 18.0 Å². The first kappa shape index (κ1) is 15.1. The summed E-state index contributed by atoms with van der Waals surface area (Å²) >= 11 is 0. The maximum Gasteiger partial charge on any atom is 0.405 e. The van der Waals surface area contributed by atoms with Crippen molar-refractivity contribution in [3.63, 3.8) is 0 Å². The molecule has 0 aliphatic heterocycles. The lowest BCUT2D eigenvalue weighted by Crippen LogP contribution is -2.39. The number of nitrogens with zero attached hydrogens (tertiary/aromatic N) is 1. The fourth-order valence-corrected chi connectivity index (χ4v) is 1.66. The van der Waals surface area contributed by atoms with Gasteiger partial charge in [-0.05, 0) is 32.0 Å². The molecule has 1 aromatic rings. The number of carboxylic acid groups (broad SMARTS) is 1. The molecule has 0 atom stereocenters. The van der Waals surface area contributed by atoms with Crippen molar-refractivity contribution in [1.29, 1.82) is 0 Å². The van der Waals surface area contributed by atoms with E-state index in [1.54, 1.807) is 13.8 Å². The molecular formula is C12H15F3N2O2. The van der Waals surface area contributed by atoms with Crippen molar-refractivity contribution >= 4 is 17.3 Å². The summed E-state index contributed by atoms with van der Waals surface area (Å²) in [5, 5.41) is 8.87. The summed E-state index contributed by atoms with van der Waals surface area (Å²) in [6, 6.07) is 3.24. The van der Waals surface area contributed by atoms with Gasteiger partial charge in [0.1, 0.15) is 6.54 Å². The Morgan fingerprint density at radius 1 is 1.42 bits per heavy atom. The maximum absolute atomic E-state index is 12.5. The van der Waals surface area contributed by atoms with Crippen LogP contribution in [0, 0.1) is 0 Å². The number of halogens is 3. The first-order valence-corrected chi connectivity index (χ1v) is 5.58. The van der Waals surface area contributed by atoms with Crippen molar-refractivity contribution < 1.29 is 23.1 Å². The molecule has 106 valence electrons. The quantitative estimate of drug-likeness (QED) is 0.830. The fourth-order valence-electron chi connectivity index (χ4n) is 1.66. The van der Waals surface area contributed by atoms with Crippen LogP contribution in [0.1, 0.15) is 24.2 Å². The second-order valence-electron chi connectivity index (χ2n) is 4.42. The second kappa shape index (κ2) is 5.38. The van der Waals surface area contributed by atoms with Crippen molar-refractivity contribution in [2.75, 3.05) is 17.2 Å². The van der Waals surface area contributed by atoms with Crippen LogP contribution in [0.3, 0.4) is 0 Å². The lowest BCUT2D eigenvalue weighted by atomic mass is 10.1. The molecule has 1 rings (SSSR count). The maximum atomic E-state index is 12.5. The minimum atomic E-state index is -4.39. The predicted molar refractivity (Wildman–Crippen MR) is 66.4 cm³/mol. The van der Waals surface area contributed by atoms with E-state index in [2.05, 4.69) is 0 Å². The third-order valence-corrected chi connectivity index (χ3v) is 2.56. The first-order valence-electron chi connectivity index (χ1n) is 5.58. The van der Waals surface area contributed by atoms with Crippen LogP contribution < -0.4 is 10.6 Å². The molecule has 0 aliphatic carbocycles. The standard InChI is InChI=1S/C12H15F3N2O2/c1-7(2)17(6-12(13,14)15)10-5-8(11(18)19)3-4-9(10)16/h3-5,7H,6,16H2,1-2H3,(H,18,19). The van der Waals surface area contributed by atoms with Crippen molar-refractivity contribution in [3.05, 3.63) is 23.8 Å². The summed E-state index contributed by atoms with van der Waals surface area (Å²) in [6.45, 7) is 1.98. The van der Waals surface area contributed by atoms with Crippen LogP contribution in [0.25, 0.3) is 0 Å². The summed E-state index contributed by atoms with van der Waals surface area (Å²) in [5.41, 5.74) is 5.74. The van der Waals surface area contributed by atoms with Crippen LogP contribution in [0.2, 0.25) is 0 Å². The fraction of sp³-hybridized carbons (Fsp3) is 0.417. The summed E-state index contributed by atoms with van der Waals surface area (Å²) in [4.78, 5) is 11.9. The molecule has 0 aromatic heterocycles. The Morgan fingerprint density at radius 2 is 2.00 bits per heavy atom. The molecule has 0 aliphatic rings. The number of hydrogen-bond donors (Lipinski definition) is 2. The predicted octanol–water partition coefficient (Wildman–Crippen LogP) is 2.74. The van der Waals surface area contributed by atoms with Crippen LogP contribution in [-0.4, -0.2) is 29.8 Å². The molecule has 0 bridgehead atoms. The van der Waals surface area contributed by atoms with Gasteiger partial charge in [-0.25, -0.2) is 4.79 Å². The van der Waals surface area contributed by atoms with Crippen molar-refractivity contribution in [3.8, 4) is 0 Å². The number of alkyl halides is 3. The van der Waals surface area contributed by atoms with Gasteiger partial charge in [-0.3, -0.25) is 0 Å². The molecule has 0 amide bonds. The van der Waals surface area contributed by atoms with Gasteiger partial charge in [0.05, 0.1) is 16.9 Å². The van der Waals surface area contributed by atoms with Gasteiger partial charge in [0, 0.05) is 6.04 Å². The number of carbonyl (C=O) groups is 1. The van der Waals surface area contributed by atoms with Crippen molar-refractivity contribution in [2.45, 2.75) is 26.1 Å². The number of hydrogen-bond acceptors (Lipinski definition) is 3. The lowest BCUT2D eigenvalue weighted by Gasteiger charge is -2.31. The zero-order chi connectivity index (χ0) is 14.8. The third kappa shape index (κ3) is 4.04. The van der Waals surface area contributed by atoms with E-state index in [0.29, 0.717) is 0 Å². The number of carboxylic acids is 1. The van der Waals surface area contributed by atoms with E-state index in [-0.39, 0.29) is 16.9 Å². The molecule has 4 nitrogen and oxygen atoms in total. The number of benzene rings is 1. The molecule has 0 saturated heterocycles. The second-order valence-corrected chi connectivity index (χ2v) is 4.42. The summed E-state index contributed by atoms with van der Waals surface area (Å²) in [7, 11) is 0. The third-order valence-electron chi connectivity index (χ3n) is 2.56. The van der Waals surface area contributed by atoms with Gasteiger partial charge in [0.2, 0.25) is 0 Å². The largest absolute Gasteiger partial charge is 0.478 e. The van der Waals surface area contributed by atoms with E-state index >= 15 is 0 Å². The Morgan fingerprint density at radius 3 is 2.42 bits per heavy atom. The number of nitrogen functional groups attached to an aromatic ring is 1. The molecule has 0 heterocycles. The van der Waals surface area contributed by atoms with Crippen molar-refractivity contribution in [1.82, 2.24) is 0 Å². The highest BCUT2D eigenvalue weighted by Gasteiger charge is 2.32. The van der Waals surface area contributed by atoms with Crippen LogP contribution in [0.4, 0.5) is 24.5 Å². The number of anilines is 2. The van der Waals surface area contributed by atoms with Crippen LogP contribution in [0.15, 0.2) is 18.2 Å². The van der Waals surface area contributed by atoms with Gasteiger partial charge >= 0.3 is 12.1 Å². The van der Waals surface area contributed by atoms with Crippen LogP contribution in [-0.2, 0) is 0 Å². The van der Waals surface area contributed by atoms with E-state index in [4.69, 9.17) is 10.8 Å². The number of nitrogens with two attached hydrogens (primary N) is 1. The van der Waals surface area contributed by atoms with Crippen LogP contribution in [0.5, 0.6) is 0 Å². The van der Waals surface area contributed by atoms with Gasteiger partial charge in [-0.2, -0.15) is 13.2 Å². The normalized spacial score (nSPS) is 11.7. The van der Waals surface area contributed by atoms with Crippen molar-refractivity contribution in [2.24, 2.45) is 0 Å². The summed E-state index contributed by atoms with van der Waals surface area (Å²) in [6.07, 6.45) is -4.39. The Bertz CT molecular complexity index is 473. The average molecular weight is 276 g/mol. The van der Waals surface area contributed by atoms with Gasteiger partial charge in [0.15, 0.2) is 0 Å². The molecule has 1 aromatic carbocycles. The molecule has 7 heteroatoms. The molecule has 0 fully saturated rings. The van der Waals surface area contributed by atoms with E-state index in [1.807, 2.05) is 0 Å². The smallest absolute Gasteiger partial charge is 0.405 e. The topological polar surface area (TPSA) is 66.6 Å². The summed E-state index contributed by atoms with van der Waals surface area (Å²) in [5.74, 6) is -1.21. The average Bonchev–Trinajstić information content (AvgIpc) is 2.25. The lowest BCUT2D eigenvalue weighted by molar-refractivity contribution is -0.120.